The molecule has 2 rings (SSSR count). The van der Waals surface area contributed by atoms with Gasteiger partial charge in [-0.25, -0.2) is 0 Å². The van der Waals surface area contributed by atoms with E-state index in [2.05, 4.69) is 0 Å². The first kappa shape index (κ1) is 9.47. The van der Waals surface area contributed by atoms with Gasteiger partial charge in [0.2, 0.25) is 0 Å². The van der Waals surface area contributed by atoms with Crippen molar-refractivity contribution < 1.29 is 9.84 Å². The SMILES string of the molecule is OC1(CCCC2CCCO2)CCC1. The molecular formula is C11H20O2. The van der Waals surface area contributed by atoms with Gasteiger partial charge in [0, 0.05) is 6.61 Å². The van der Waals surface area contributed by atoms with Crippen LogP contribution in [0.4, 0.5) is 0 Å². The molecule has 0 aromatic heterocycles. The van der Waals surface area contributed by atoms with Crippen LogP contribution in [0.3, 0.4) is 0 Å². The van der Waals surface area contributed by atoms with Crippen molar-refractivity contribution in [3.05, 3.63) is 0 Å². The third kappa shape index (κ3) is 2.44. The highest BCUT2D eigenvalue weighted by Crippen LogP contribution is 2.36. The van der Waals surface area contributed by atoms with Gasteiger partial charge in [-0.15, -0.1) is 0 Å². The molecule has 1 saturated heterocycles. The molecule has 2 aliphatic rings. The number of rotatable bonds is 4. The van der Waals surface area contributed by atoms with Gasteiger partial charge >= 0.3 is 0 Å². The molecule has 0 aromatic carbocycles. The molecule has 1 atom stereocenters. The molecule has 0 aromatic rings. The summed E-state index contributed by atoms with van der Waals surface area (Å²) in [5.74, 6) is 0. The largest absolute Gasteiger partial charge is 0.390 e. The number of hydrogen-bond acceptors (Lipinski definition) is 2. The van der Waals surface area contributed by atoms with Gasteiger partial charge in [0.25, 0.3) is 0 Å². The van der Waals surface area contributed by atoms with Crippen molar-refractivity contribution in [1.29, 1.82) is 0 Å². The molecule has 0 amide bonds. The van der Waals surface area contributed by atoms with E-state index in [9.17, 15) is 5.11 Å². The van der Waals surface area contributed by atoms with Gasteiger partial charge in [-0.3, -0.25) is 0 Å². The van der Waals surface area contributed by atoms with Crippen molar-refractivity contribution in [2.75, 3.05) is 6.61 Å². The van der Waals surface area contributed by atoms with Gasteiger partial charge in [-0.05, 0) is 51.4 Å². The second-order valence-electron chi connectivity index (χ2n) is 4.61. The average molecular weight is 184 g/mol. The van der Waals surface area contributed by atoms with Gasteiger partial charge in [0.1, 0.15) is 0 Å². The lowest BCUT2D eigenvalue weighted by Gasteiger charge is -2.36. The Balaban J connectivity index is 1.57. The second-order valence-corrected chi connectivity index (χ2v) is 4.61. The standard InChI is InChI=1S/C11H20O2/c12-11(7-3-8-11)6-1-4-10-5-2-9-13-10/h10,12H,1-9H2. The molecule has 2 nitrogen and oxygen atoms in total. The molecule has 1 aliphatic heterocycles. The minimum absolute atomic E-state index is 0.279. The van der Waals surface area contributed by atoms with Crippen LogP contribution in [-0.2, 0) is 4.74 Å². The minimum Gasteiger partial charge on any atom is -0.390 e. The van der Waals surface area contributed by atoms with E-state index in [4.69, 9.17) is 4.74 Å². The molecule has 76 valence electrons. The van der Waals surface area contributed by atoms with E-state index in [1.807, 2.05) is 0 Å². The van der Waals surface area contributed by atoms with Gasteiger partial charge in [-0.2, -0.15) is 0 Å². The summed E-state index contributed by atoms with van der Waals surface area (Å²) in [5.41, 5.74) is -0.279. The first-order chi connectivity index (χ1) is 6.29. The molecule has 0 bridgehead atoms. The lowest BCUT2D eigenvalue weighted by atomic mass is 9.76. The maximum atomic E-state index is 9.84. The minimum atomic E-state index is -0.279. The first-order valence-electron chi connectivity index (χ1n) is 5.63. The van der Waals surface area contributed by atoms with Crippen LogP contribution in [0.2, 0.25) is 0 Å². The van der Waals surface area contributed by atoms with Crippen LogP contribution in [0.1, 0.15) is 51.4 Å². The van der Waals surface area contributed by atoms with Crippen LogP contribution >= 0.6 is 0 Å². The van der Waals surface area contributed by atoms with E-state index >= 15 is 0 Å². The topological polar surface area (TPSA) is 29.5 Å². The van der Waals surface area contributed by atoms with E-state index in [1.165, 1.54) is 19.3 Å². The molecule has 1 heterocycles. The molecule has 1 aliphatic carbocycles. The van der Waals surface area contributed by atoms with Crippen LogP contribution in [-0.4, -0.2) is 23.4 Å². The van der Waals surface area contributed by atoms with Crippen molar-refractivity contribution in [3.8, 4) is 0 Å². The van der Waals surface area contributed by atoms with Crippen molar-refractivity contribution >= 4 is 0 Å². The summed E-state index contributed by atoms with van der Waals surface area (Å²) in [6.45, 7) is 0.953. The van der Waals surface area contributed by atoms with E-state index in [0.717, 1.165) is 38.7 Å². The highest BCUT2D eigenvalue weighted by molar-refractivity contribution is 4.87. The molecule has 1 N–H and O–H groups in total. The number of aliphatic hydroxyl groups is 1. The number of ether oxygens (including phenoxy) is 1. The first-order valence-corrected chi connectivity index (χ1v) is 5.63. The quantitative estimate of drug-likeness (QED) is 0.726. The van der Waals surface area contributed by atoms with Gasteiger partial charge in [0.05, 0.1) is 11.7 Å². The Kier molecular flexibility index (Phi) is 2.89. The molecular weight excluding hydrogens is 164 g/mol. The van der Waals surface area contributed by atoms with E-state index < -0.39 is 0 Å². The maximum absolute atomic E-state index is 9.84. The van der Waals surface area contributed by atoms with Crippen LogP contribution in [0, 0.1) is 0 Å². The highest BCUT2D eigenvalue weighted by Gasteiger charge is 2.33. The lowest BCUT2D eigenvalue weighted by molar-refractivity contribution is -0.0441. The van der Waals surface area contributed by atoms with Gasteiger partial charge < -0.3 is 9.84 Å². The Hall–Kier alpha value is -0.0800. The normalized spacial score (nSPS) is 31.6. The lowest BCUT2D eigenvalue weighted by Crippen LogP contribution is -2.36. The smallest absolute Gasteiger partial charge is 0.0647 e. The summed E-state index contributed by atoms with van der Waals surface area (Å²) in [6.07, 6.45) is 9.53. The van der Waals surface area contributed by atoms with Crippen LogP contribution in [0.25, 0.3) is 0 Å². The van der Waals surface area contributed by atoms with Gasteiger partial charge in [-0.1, -0.05) is 0 Å². The Morgan fingerprint density at radius 1 is 1.31 bits per heavy atom. The maximum Gasteiger partial charge on any atom is 0.0647 e. The summed E-state index contributed by atoms with van der Waals surface area (Å²) < 4.78 is 5.54. The van der Waals surface area contributed by atoms with Gasteiger partial charge in [0.15, 0.2) is 0 Å². The van der Waals surface area contributed by atoms with Crippen LogP contribution in [0.5, 0.6) is 0 Å². The van der Waals surface area contributed by atoms with Crippen molar-refractivity contribution in [3.63, 3.8) is 0 Å². The molecule has 1 unspecified atom stereocenters. The molecule has 13 heavy (non-hydrogen) atoms. The third-order valence-electron chi connectivity index (χ3n) is 3.48. The zero-order valence-electron chi connectivity index (χ0n) is 8.30. The van der Waals surface area contributed by atoms with E-state index in [1.54, 1.807) is 0 Å². The molecule has 2 heteroatoms. The van der Waals surface area contributed by atoms with Crippen molar-refractivity contribution in [2.24, 2.45) is 0 Å². The predicted octanol–water partition coefficient (Wildman–Crippen LogP) is 2.25. The molecule has 1 saturated carbocycles. The molecule has 0 spiro atoms. The Labute approximate surface area is 80.3 Å². The van der Waals surface area contributed by atoms with E-state index in [0.29, 0.717) is 6.10 Å². The molecule has 2 fully saturated rings. The summed E-state index contributed by atoms with van der Waals surface area (Å²) in [5, 5.41) is 9.84. The van der Waals surface area contributed by atoms with Crippen molar-refractivity contribution in [1.82, 2.24) is 0 Å². The fourth-order valence-electron chi connectivity index (χ4n) is 2.37. The Morgan fingerprint density at radius 2 is 2.15 bits per heavy atom. The third-order valence-corrected chi connectivity index (χ3v) is 3.48. The predicted molar refractivity (Wildman–Crippen MR) is 51.6 cm³/mol. The zero-order valence-corrected chi connectivity index (χ0v) is 8.30. The fraction of sp³-hybridized carbons (Fsp3) is 1.00. The van der Waals surface area contributed by atoms with E-state index in [-0.39, 0.29) is 5.60 Å². The monoisotopic (exact) mass is 184 g/mol. The fourth-order valence-corrected chi connectivity index (χ4v) is 2.37. The van der Waals surface area contributed by atoms with Crippen LogP contribution < -0.4 is 0 Å². The zero-order chi connectivity index (χ0) is 9.15. The average Bonchev–Trinajstić information content (AvgIpc) is 2.54. The van der Waals surface area contributed by atoms with Crippen molar-refractivity contribution in [2.45, 2.75) is 63.1 Å². The summed E-state index contributed by atoms with van der Waals surface area (Å²) in [4.78, 5) is 0. The highest BCUT2D eigenvalue weighted by atomic mass is 16.5. The summed E-state index contributed by atoms with van der Waals surface area (Å²) in [7, 11) is 0. The summed E-state index contributed by atoms with van der Waals surface area (Å²) >= 11 is 0. The second kappa shape index (κ2) is 3.97. The Morgan fingerprint density at radius 3 is 2.69 bits per heavy atom. The van der Waals surface area contributed by atoms with Crippen LogP contribution in [0.15, 0.2) is 0 Å². The summed E-state index contributed by atoms with van der Waals surface area (Å²) in [6, 6.07) is 0. The number of hydrogen-bond donors (Lipinski definition) is 1. The Bertz CT molecular complexity index is 157. The molecule has 0 radical (unpaired) electrons.